The minimum Gasteiger partial charge on any atom is -0.360 e. The summed E-state index contributed by atoms with van der Waals surface area (Å²) in [6, 6.07) is 7.13. The number of benzene rings is 1. The van der Waals surface area contributed by atoms with E-state index >= 15 is 0 Å². The van der Waals surface area contributed by atoms with Gasteiger partial charge >= 0.3 is 0 Å². The summed E-state index contributed by atoms with van der Waals surface area (Å²) < 4.78 is 6.15. The van der Waals surface area contributed by atoms with E-state index in [4.69, 9.17) is 4.74 Å². The molecule has 0 radical (unpaired) electrons. The number of nitrogens with one attached hydrogen (secondary N) is 2. The van der Waals surface area contributed by atoms with Gasteiger partial charge in [0.15, 0.2) is 0 Å². The van der Waals surface area contributed by atoms with Gasteiger partial charge in [0.05, 0.1) is 24.5 Å². The first-order valence-corrected chi connectivity index (χ1v) is 10.1. The number of carbonyl (C=O) groups excluding carboxylic acids is 3. The molecule has 3 aliphatic heterocycles. The fourth-order valence-corrected chi connectivity index (χ4v) is 4.55. The Morgan fingerprint density at radius 1 is 1.28 bits per heavy atom. The van der Waals surface area contributed by atoms with Gasteiger partial charge in [-0.05, 0) is 36.6 Å². The molecule has 3 aliphatic rings. The second-order valence-corrected chi connectivity index (χ2v) is 8.53. The Morgan fingerprint density at radius 3 is 2.66 bits per heavy atom. The molecule has 1 aromatic rings. The molecule has 0 saturated carbocycles. The Labute approximate surface area is 170 Å². The standard InChI is InChI=1S/C22H27N3O4/c1-13(2)9-11-23-20(27)18-17-8-10-22(29-17)12-25(21(28)19(18)22)16-6-4-15(5-7-16)24-14(3)26/h4-8,10,13,17-19H,9,11-12H2,1-3H3,(H,23,27)(H,24,26)/t17-,18?,19?,22-/m0/s1. The maximum absolute atomic E-state index is 13.3. The summed E-state index contributed by atoms with van der Waals surface area (Å²) in [6.45, 7) is 6.66. The first kappa shape index (κ1) is 19.6. The van der Waals surface area contributed by atoms with E-state index < -0.39 is 17.4 Å². The van der Waals surface area contributed by atoms with E-state index in [0.717, 1.165) is 12.1 Å². The third kappa shape index (κ3) is 3.44. The molecule has 4 rings (SSSR count). The lowest BCUT2D eigenvalue weighted by atomic mass is 9.77. The quantitative estimate of drug-likeness (QED) is 0.720. The molecular formula is C22H27N3O4. The number of rotatable bonds is 6. The number of hydrogen-bond donors (Lipinski definition) is 2. The lowest BCUT2D eigenvalue weighted by molar-refractivity contribution is -0.131. The molecule has 0 aromatic heterocycles. The van der Waals surface area contributed by atoms with Crippen LogP contribution in [-0.2, 0) is 19.1 Å². The van der Waals surface area contributed by atoms with Crippen molar-refractivity contribution < 1.29 is 19.1 Å². The van der Waals surface area contributed by atoms with Crippen LogP contribution in [0.1, 0.15) is 27.2 Å². The van der Waals surface area contributed by atoms with Crippen LogP contribution in [0.15, 0.2) is 36.4 Å². The average molecular weight is 397 g/mol. The highest BCUT2D eigenvalue weighted by Crippen LogP contribution is 2.52. The Balaban J connectivity index is 1.52. The largest absolute Gasteiger partial charge is 0.360 e. The van der Waals surface area contributed by atoms with Crippen molar-refractivity contribution in [2.24, 2.45) is 17.8 Å². The van der Waals surface area contributed by atoms with Gasteiger partial charge in [-0.15, -0.1) is 0 Å². The van der Waals surface area contributed by atoms with E-state index in [1.54, 1.807) is 29.2 Å². The van der Waals surface area contributed by atoms with Crippen LogP contribution in [0.2, 0.25) is 0 Å². The van der Waals surface area contributed by atoms with Crippen LogP contribution in [0, 0.1) is 17.8 Å². The van der Waals surface area contributed by atoms with Crippen molar-refractivity contribution in [3.63, 3.8) is 0 Å². The van der Waals surface area contributed by atoms with Crippen molar-refractivity contribution in [2.45, 2.75) is 38.9 Å². The zero-order valence-electron chi connectivity index (χ0n) is 17.0. The topological polar surface area (TPSA) is 87.7 Å². The maximum Gasteiger partial charge on any atom is 0.234 e. The second kappa shape index (κ2) is 7.30. The minimum absolute atomic E-state index is 0.0897. The lowest BCUT2D eigenvalue weighted by Gasteiger charge is -2.23. The molecule has 2 unspecified atom stereocenters. The molecular weight excluding hydrogens is 370 g/mol. The Kier molecular flexibility index (Phi) is 4.94. The average Bonchev–Trinajstić information content (AvgIpc) is 3.30. The third-order valence-corrected chi connectivity index (χ3v) is 5.92. The van der Waals surface area contributed by atoms with Gasteiger partial charge < -0.3 is 20.3 Å². The molecule has 2 fully saturated rings. The number of fused-ring (bicyclic) bond motifs is 1. The molecule has 2 bridgehead atoms. The zero-order valence-corrected chi connectivity index (χ0v) is 17.0. The Hall–Kier alpha value is -2.67. The van der Waals surface area contributed by atoms with Gasteiger partial charge in [0.1, 0.15) is 5.60 Å². The van der Waals surface area contributed by atoms with Crippen LogP contribution < -0.4 is 15.5 Å². The molecule has 29 heavy (non-hydrogen) atoms. The van der Waals surface area contributed by atoms with Gasteiger partial charge in [-0.2, -0.15) is 0 Å². The molecule has 3 heterocycles. The van der Waals surface area contributed by atoms with Crippen LogP contribution >= 0.6 is 0 Å². The first-order chi connectivity index (χ1) is 13.8. The van der Waals surface area contributed by atoms with Crippen molar-refractivity contribution in [2.75, 3.05) is 23.3 Å². The highest BCUT2D eigenvalue weighted by molar-refractivity contribution is 6.03. The van der Waals surface area contributed by atoms with Gasteiger partial charge in [-0.1, -0.05) is 26.0 Å². The van der Waals surface area contributed by atoms with Gasteiger partial charge in [-0.25, -0.2) is 0 Å². The molecule has 1 spiro atoms. The molecule has 7 nitrogen and oxygen atoms in total. The fourth-order valence-electron chi connectivity index (χ4n) is 4.55. The number of carbonyl (C=O) groups is 3. The molecule has 4 atom stereocenters. The number of amides is 3. The summed E-state index contributed by atoms with van der Waals surface area (Å²) in [5.41, 5.74) is 0.663. The summed E-state index contributed by atoms with van der Waals surface area (Å²) in [5.74, 6) is -0.849. The van der Waals surface area contributed by atoms with E-state index in [2.05, 4.69) is 24.5 Å². The zero-order chi connectivity index (χ0) is 20.8. The van der Waals surface area contributed by atoms with Crippen molar-refractivity contribution in [1.82, 2.24) is 5.32 Å². The van der Waals surface area contributed by atoms with E-state index in [1.807, 2.05) is 12.2 Å². The SMILES string of the molecule is CC(=O)Nc1ccc(N2C[C@]34C=C[C@H](O3)C(C(=O)NCCC(C)C)C4C2=O)cc1. The Morgan fingerprint density at radius 2 is 2.00 bits per heavy atom. The van der Waals surface area contributed by atoms with Crippen molar-refractivity contribution in [3.8, 4) is 0 Å². The van der Waals surface area contributed by atoms with Crippen molar-refractivity contribution in [1.29, 1.82) is 0 Å². The summed E-state index contributed by atoms with van der Waals surface area (Å²) in [4.78, 5) is 39.0. The smallest absolute Gasteiger partial charge is 0.234 e. The number of anilines is 2. The van der Waals surface area contributed by atoms with Crippen LogP contribution in [0.4, 0.5) is 11.4 Å². The number of ether oxygens (including phenoxy) is 1. The van der Waals surface area contributed by atoms with Crippen LogP contribution in [0.25, 0.3) is 0 Å². The molecule has 1 aromatic carbocycles. The third-order valence-electron chi connectivity index (χ3n) is 5.92. The number of hydrogen-bond acceptors (Lipinski definition) is 4. The molecule has 2 saturated heterocycles. The van der Waals surface area contributed by atoms with Crippen LogP contribution in [-0.4, -0.2) is 42.5 Å². The molecule has 0 aliphatic carbocycles. The maximum atomic E-state index is 13.3. The summed E-state index contributed by atoms with van der Waals surface area (Å²) >= 11 is 0. The van der Waals surface area contributed by atoms with Crippen LogP contribution in [0.5, 0.6) is 0 Å². The van der Waals surface area contributed by atoms with Gasteiger partial charge in [0.25, 0.3) is 0 Å². The van der Waals surface area contributed by atoms with E-state index in [1.165, 1.54) is 6.92 Å². The van der Waals surface area contributed by atoms with Crippen molar-refractivity contribution >= 4 is 29.1 Å². The monoisotopic (exact) mass is 397 g/mol. The molecule has 2 N–H and O–H groups in total. The van der Waals surface area contributed by atoms with E-state index in [9.17, 15) is 14.4 Å². The fraction of sp³-hybridized carbons (Fsp3) is 0.500. The van der Waals surface area contributed by atoms with Crippen molar-refractivity contribution in [3.05, 3.63) is 36.4 Å². The van der Waals surface area contributed by atoms with E-state index in [0.29, 0.717) is 24.7 Å². The Bertz CT molecular complexity index is 863. The van der Waals surface area contributed by atoms with E-state index in [-0.39, 0.29) is 23.8 Å². The molecule has 7 heteroatoms. The minimum atomic E-state index is -0.738. The lowest BCUT2D eigenvalue weighted by Crippen LogP contribution is -2.44. The summed E-state index contributed by atoms with van der Waals surface area (Å²) in [6.07, 6.45) is 4.42. The summed E-state index contributed by atoms with van der Waals surface area (Å²) in [7, 11) is 0. The predicted octanol–water partition coefficient (Wildman–Crippen LogP) is 2.09. The summed E-state index contributed by atoms with van der Waals surface area (Å²) in [5, 5.41) is 5.70. The van der Waals surface area contributed by atoms with Gasteiger partial charge in [0, 0.05) is 24.8 Å². The van der Waals surface area contributed by atoms with Gasteiger partial charge in [0.2, 0.25) is 17.7 Å². The first-order valence-electron chi connectivity index (χ1n) is 10.1. The highest BCUT2D eigenvalue weighted by Gasteiger charge is 2.67. The van der Waals surface area contributed by atoms with Gasteiger partial charge in [-0.3, -0.25) is 14.4 Å². The molecule has 3 amide bonds. The predicted molar refractivity (Wildman–Crippen MR) is 109 cm³/mol. The normalized spacial score (nSPS) is 29.4. The highest BCUT2D eigenvalue weighted by atomic mass is 16.5. The second-order valence-electron chi connectivity index (χ2n) is 8.53. The molecule has 154 valence electrons. The number of nitrogens with zero attached hydrogens (tertiary/aromatic N) is 1. The van der Waals surface area contributed by atoms with Crippen LogP contribution in [0.3, 0.4) is 0 Å².